The van der Waals surface area contributed by atoms with E-state index in [2.05, 4.69) is 96.2 Å². The van der Waals surface area contributed by atoms with E-state index in [4.69, 9.17) is 0 Å². The maximum atomic E-state index is 3.29. The Kier molecular flexibility index (Phi) is 16.9. The van der Waals surface area contributed by atoms with Gasteiger partial charge in [-0.15, -0.1) is 31.7 Å². The molecular weight excluding hydrogens is 466 g/mol. The zero-order valence-corrected chi connectivity index (χ0v) is 22.5. The monoisotopic (exact) mass is 496 g/mol. The van der Waals surface area contributed by atoms with Crippen molar-refractivity contribution in [3.05, 3.63) is 82.5 Å². The van der Waals surface area contributed by atoms with Gasteiger partial charge in [0, 0.05) is 0 Å². The van der Waals surface area contributed by atoms with Gasteiger partial charge < -0.3 is 0 Å². The summed E-state index contributed by atoms with van der Waals surface area (Å²) in [7, 11) is 0. The van der Waals surface area contributed by atoms with E-state index >= 15 is 0 Å². The second kappa shape index (κ2) is 15.7. The summed E-state index contributed by atoms with van der Waals surface area (Å²) in [5.41, 5.74) is 6.93. The molecular formula is C23H32Cl2SiZr. The number of benzene rings is 1. The molecule has 146 valence electrons. The Morgan fingerprint density at radius 3 is 1.81 bits per heavy atom. The summed E-state index contributed by atoms with van der Waals surface area (Å²) in [5, 5.41) is 0. The van der Waals surface area contributed by atoms with Crippen molar-refractivity contribution in [1.29, 1.82) is 0 Å². The van der Waals surface area contributed by atoms with Crippen LogP contribution < -0.4 is 0 Å². The molecule has 1 aromatic rings. The van der Waals surface area contributed by atoms with Gasteiger partial charge in [-0.3, -0.25) is 12.2 Å². The molecule has 3 rings (SSSR count). The molecule has 4 heteroatoms. The molecule has 2 aliphatic carbocycles. The molecule has 0 N–H and O–H groups in total. The summed E-state index contributed by atoms with van der Waals surface area (Å²) in [5.74, 6) is 1.12. The van der Waals surface area contributed by atoms with Gasteiger partial charge in [0.25, 0.3) is 0 Å². The summed E-state index contributed by atoms with van der Waals surface area (Å²) in [6.07, 6.45) is 11.7. The molecule has 0 heterocycles. The Morgan fingerprint density at radius 1 is 0.963 bits per heavy atom. The van der Waals surface area contributed by atoms with E-state index in [9.17, 15) is 0 Å². The van der Waals surface area contributed by atoms with Crippen LogP contribution in [0.1, 0.15) is 47.1 Å². The molecule has 2 unspecified atom stereocenters. The molecule has 2 aliphatic rings. The van der Waals surface area contributed by atoms with Crippen LogP contribution in [0.5, 0.6) is 0 Å². The van der Waals surface area contributed by atoms with E-state index in [0.717, 1.165) is 0 Å². The first-order chi connectivity index (χ1) is 11.8. The second-order valence-corrected chi connectivity index (χ2v) is 10.6. The molecule has 0 aromatic heterocycles. The third-order valence-corrected chi connectivity index (χ3v) is 6.47. The van der Waals surface area contributed by atoms with E-state index in [-0.39, 0.29) is 24.8 Å². The molecule has 1 aromatic carbocycles. The topological polar surface area (TPSA) is 0 Å². The Labute approximate surface area is 195 Å². The zero-order chi connectivity index (χ0) is 18.8. The molecule has 0 fully saturated rings. The molecule has 2 atom stereocenters. The quantitative estimate of drug-likeness (QED) is 0.319. The van der Waals surface area contributed by atoms with Gasteiger partial charge >= 0.3 is 71.4 Å². The molecule has 0 nitrogen and oxygen atoms in total. The Hall–Kier alpha value is -0.140. The van der Waals surface area contributed by atoms with Gasteiger partial charge in [0.15, 0.2) is 0 Å². The average molecular weight is 499 g/mol. The summed E-state index contributed by atoms with van der Waals surface area (Å²) < 4.78 is 0. The summed E-state index contributed by atoms with van der Waals surface area (Å²) in [4.78, 5) is 0. The minimum atomic E-state index is 0. The minimum absolute atomic E-state index is 0. The first kappa shape index (κ1) is 29.1. The molecule has 0 saturated carbocycles. The van der Waals surface area contributed by atoms with Crippen LogP contribution in [-0.2, 0) is 29.4 Å². The molecule has 0 radical (unpaired) electrons. The SMILES string of the molecule is CC1=[C-]C(C)C(C)=C1.CC1=[C-]C(C)C=C1C.Cl.Cl.[Zr+2]=[SiH]Cc1ccccc1. The van der Waals surface area contributed by atoms with Gasteiger partial charge in [-0.25, -0.2) is 22.8 Å². The van der Waals surface area contributed by atoms with Crippen molar-refractivity contribution in [3.63, 3.8) is 0 Å². The standard InChI is InChI=1S/2C8H11.C7H8Si.2ClH.Zr/c2*1-6-4-7(2)8(3)5-6;8-6-7-4-2-1-3-5-7;;;/h4,8H,1-3H3;4,6H,1-3H3;1-5,8H,6H2;2*1H;/q2*-1;;;;+2. The zero-order valence-electron chi connectivity index (χ0n) is 17.3. The second-order valence-electron chi connectivity index (χ2n) is 6.74. The normalized spacial score (nSPS) is 19.4. The average Bonchev–Trinajstić information content (AvgIpc) is 3.01. The Balaban J connectivity index is 0. The number of hydrogen-bond donors (Lipinski definition) is 0. The molecule has 27 heavy (non-hydrogen) atoms. The van der Waals surface area contributed by atoms with Crippen molar-refractivity contribution in [2.45, 2.75) is 47.6 Å². The number of halogens is 2. The van der Waals surface area contributed by atoms with Crippen LogP contribution in [-0.4, -0.2) is 6.16 Å². The summed E-state index contributed by atoms with van der Waals surface area (Å²) >= 11 is 1.72. The van der Waals surface area contributed by atoms with Crippen molar-refractivity contribution >= 4 is 31.0 Å². The van der Waals surface area contributed by atoms with Gasteiger partial charge in [-0.05, 0) is 0 Å². The third-order valence-electron chi connectivity index (χ3n) is 4.29. The van der Waals surface area contributed by atoms with Gasteiger partial charge in [-0.2, -0.15) is 11.6 Å². The van der Waals surface area contributed by atoms with E-state index in [1.54, 1.807) is 23.3 Å². The maximum absolute atomic E-state index is 3.29. The molecule has 0 spiro atoms. The van der Waals surface area contributed by atoms with Crippen molar-refractivity contribution in [3.8, 4) is 0 Å². The van der Waals surface area contributed by atoms with Crippen molar-refractivity contribution < 1.29 is 23.3 Å². The Bertz CT molecular complexity index is 670. The summed E-state index contributed by atoms with van der Waals surface area (Å²) in [6, 6.07) is 12.0. The number of rotatable bonds is 2. The van der Waals surface area contributed by atoms with Gasteiger partial charge in [0.05, 0.1) is 0 Å². The van der Waals surface area contributed by atoms with Crippen LogP contribution in [0.3, 0.4) is 0 Å². The number of allylic oxidation sites excluding steroid dienone is 8. The van der Waals surface area contributed by atoms with Crippen molar-refractivity contribution in [2.75, 3.05) is 0 Å². The van der Waals surface area contributed by atoms with Crippen molar-refractivity contribution in [1.82, 2.24) is 0 Å². The van der Waals surface area contributed by atoms with Gasteiger partial charge in [0.1, 0.15) is 0 Å². The van der Waals surface area contributed by atoms with Crippen LogP contribution in [0.15, 0.2) is 64.8 Å². The van der Waals surface area contributed by atoms with Crippen molar-refractivity contribution in [2.24, 2.45) is 11.8 Å². The molecule has 0 amide bonds. The first-order valence-electron chi connectivity index (χ1n) is 8.93. The van der Waals surface area contributed by atoms with Crippen LogP contribution >= 0.6 is 24.8 Å². The fourth-order valence-electron chi connectivity index (χ4n) is 2.69. The fourth-order valence-corrected chi connectivity index (χ4v) is 4.94. The number of hydrogen-bond acceptors (Lipinski definition) is 0. The van der Waals surface area contributed by atoms with Gasteiger partial charge in [0.2, 0.25) is 0 Å². The van der Waals surface area contributed by atoms with E-state index < -0.39 is 0 Å². The molecule has 0 saturated heterocycles. The van der Waals surface area contributed by atoms with E-state index in [1.807, 2.05) is 0 Å². The van der Waals surface area contributed by atoms with Crippen LogP contribution in [0, 0.1) is 24.0 Å². The first-order valence-corrected chi connectivity index (χ1v) is 14.6. The predicted octanol–water partition coefficient (Wildman–Crippen LogP) is 6.59. The molecule has 0 aliphatic heterocycles. The predicted molar refractivity (Wildman–Crippen MR) is 122 cm³/mol. The van der Waals surface area contributed by atoms with Crippen LogP contribution in [0.2, 0.25) is 0 Å². The van der Waals surface area contributed by atoms with Gasteiger partial charge in [-0.1, -0.05) is 46.5 Å². The fraction of sp³-hybridized carbons (Fsp3) is 0.391. The third kappa shape index (κ3) is 12.1. The van der Waals surface area contributed by atoms with E-state index in [0.29, 0.717) is 18.0 Å². The van der Waals surface area contributed by atoms with Crippen LogP contribution in [0.4, 0.5) is 0 Å². The van der Waals surface area contributed by atoms with E-state index in [1.165, 1.54) is 33.9 Å². The van der Waals surface area contributed by atoms with Crippen LogP contribution in [0.25, 0.3) is 0 Å². The molecule has 0 bridgehead atoms. The summed E-state index contributed by atoms with van der Waals surface area (Å²) in [6.45, 7) is 12.8. The Morgan fingerprint density at radius 2 is 1.56 bits per heavy atom.